The van der Waals surface area contributed by atoms with Gasteiger partial charge in [-0.05, 0) is 49.8 Å². The SMILES string of the molecule is CCOc1ccccc1N1CCN(CC(=O)Nc2sc3c(c2C#N)CCC(CC)C3)CC1. The van der Waals surface area contributed by atoms with Crippen molar-refractivity contribution in [3.05, 3.63) is 40.3 Å². The zero-order chi connectivity index (χ0) is 22.5. The van der Waals surface area contributed by atoms with Crippen LogP contribution in [-0.4, -0.2) is 50.1 Å². The number of hydrogen-bond acceptors (Lipinski definition) is 6. The van der Waals surface area contributed by atoms with Gasteiger partial charge in [-0.2, -0.15) is 5.26 Å². The van der Waals surface area contributed by atoms with E-state index in [9.17, 15) is 10.1 Å². The molecule has 1 atom stereocenters. The summed E-state index contributed by atoms with van der Waals surface area (Å²) in [6.07, 6.45) is 4.29. The summed E-state index contributed by atoms with van der Waals surface area (Å²) in [4.78, 5) is 18.6. The topological polar surface area (TPSA) is 68.6 Å². The second-order valence-electron chi connectivity index (χ2n) is 8.55. The lowest BCUT2D eigenvalue weighted by atomic mass is 9.86. The minimum Gasteiger partial charge on any atom is -0.492 e. The largest absolute Gasteiger partial charge is 0.492 e. The molecule has 32 heavy (non-hydrogen) atoms. The van der Waals surface area contributed by atoms with Crippen LogP contribution >= 0.6 is 11.3 Å². The third-order valence-electron chi connectivity index (χ3n) is 6.55. The number of nitrogens with zero attached hydrogens (tertiary/aromatic N) is 3. The molecule has 0 spiro atoms. The van der Waals surface area contributed by atoms with Crippen LogP contribution in [0.15, 0.2) is 24.3 Å². The van der Waals surface area contributed by atoms with E-state index in [1.807, 2.05) is 25.1 Å². The van der Waals surface area contributed by atoms with Crippen molar-refractivity contribution in [3.63, 3.8) is 0 Å². The van der Waals surface area contributed by atoms with E-state index in [1.54, 1.807) is 11.3 Å². The van der Waals surface area contributed by atoms with Gasteiger partial charge in [0.1, 0.15) is 16.8 Å². The van der Waals surface area contributed by atoms with Crippen molar-refractivity contribution in [1.82, 2.24) is 4.90 Å². The Kier molecular flexibility index (Phi) is 7.33. The fourth-order valence-corrected chi connectivity index (χ4v) is 6.05. The van der Waals surface area contributed by atoms with Crippen LogP contribution in [0.2, 0.25) is 0 Å². The van der Waals surface area contributed by atoms with Crippen LogP contribution in [0, 0.1) is 17.2 Å². The Hall–Kier alpha value is -2.56. The Balaban J connectivity index is 1.34. The Bertz CT molecular complexity index is 988. The number of carbonyl (C=O) groups excluding carboxylic acids is 1. The molecule has 2 heterocycles. The summed E-state index contributed by atoms with van der Waals surface area (Å²) in [6.45, 7) is 8.57. The fraction of sp³-hybridized carbons (Fsp3) is 0.520. The fourth-order valence-electron chi connectivity index (χ4n) is 4.72. The van der Waals surface area contributed by atoms with Gasteiger partial charge < -0.3 is 15.0 Å². The van der Waals surface area contributed by atoms with Gasteiger partial charge in [0.05, 0.1) is 24.4 Å². The van der Waals surface area contributed by atoms with Crippen LogP contribution in [0.25, 0.3) is 0 Å². The van der Waals surface area contributed by atoms with Gasteiger partial charge in [-0.25, -0.2) is 0 Å². The molecule has 1 N–H and O–H groups in total. The molecule has 7 heteroatoms. The van der Waals surface area contributed by atoms with E-state index in [0.717, 1.165) is 61.9 Å². The van der Waals surface area contributed by atoms with E-state index >= 15 is 0 Å². The molecule has 1 aromatic heterocycles. The molecule has 6 nitrogen and oxygen atoms in total. The number of piperazine rings is 1. The maximum absolute atomic E-state index is 12.8. The zero-order valence-electron chi connectivity index (χ0n) is 19.0. The summed E-state index contributed by atoms with van der Waals surface area (Å²) in [5, 5.41) is 13.5. The number of anilines is 2. The number of fused-ring (bicyclic) bond motifs is 1. The number of benzene rings is 1. The number of nitrogens with one attached hydrogen (secondary N) is 1. The molecule has 2 aliphatic rings. The molecule has 1 aliphatic carbocycles. The molecule has 1 amide bonds. The number of hydrogen-bond donors (Lipinski definition) is 1. The molecule has 1 aromatic carbocycles. The Morgan fingerprint density at radius 1 is 1.25 bits per heavy atom. The van der Waals surface area contributed by atoms with Gasteiger partial charge in [0.2, 0.25) is 5.91 Å². The van der Waals surface area contributed by atoms with Crippen molar-refractivity contribution in [2.24, 2.45) is 5.92 Å². The second kappa shape index (κ2) is 10.4. The molecular formula is C25H32N4O2S. The van der Waals surface area contributed by atoms with E-state index in [4.69, 9.17) is 4.74 Å². The predicted octanol–water partition coefficient (Wildman–Crippen LogP) is 4.29. The van der Waals surface area contributed by atoms with Gasteiger partial charge in [0, 0.05) is 31.1 Å². The van der Waals surface area contributed by atoms with E-state index < -0.39 is 0 Å². The molecule has 0 radical (unpaired) electrons. The third kappa shape index (κ3) is 4.92. The van der Waals surface area contributed by atoms with Crippen molar-refractivity contribution < 1.29 is 9.53 Å². The van der Waals surface area contributed by atoms with Crippen LogP contribution in [-0.2, 0) is 17.6 Å². The molecule has 1 saturated heterocycles. The van der Waals surface area contributed by atoms with Gasteiger partial charge in [-0.1, -0.05) is 25.5 Å². The van der Waals surface area contributed by atoms with Gasteiger partial charge in [0.25, 0.3) is 0 Å². The number of para-hydroxylation sites is 2. The lowest BCUT2D eigenvalue weighted by Crippen LogP contribution is -2.48. The monoisotopic (exact) mass is 452 g/mol. The zero-order valence-corrected chi connectivity index (χ0v) is 19.8. The standard InChI is InChI=1S/C25H32N4O2S/c1-3-18-9-10-19-20(16-26)25(32-23(19)15-18)27-24(30)17-28-11-13-29(14-12-28)21-7-5-6-8-22(21)31-4-2/h5-8,18H,3-4,9-15,17H2,1-2H3,(H,27,30). The maximum Gasteiger partial charge on any atom is 0.239 e. The van der Waals surface area contributed by atoms with Crippen LogP contribution in [0.5, 0.6) is 5.75 Å². The minimum atomic E-state index is -0.0321. The molecule has 2 aromatic rings. The van der Waals surface area contributed by atoms with E-state index in [1.165, 1.54) is 16.9 Å². The number of rotatable bonds is 7. The summed E-state index contributed by atoms with van der Waals surface area (Å²) >= 11 is 1.60. The normalized spacial score (nSPS) is 18.7. The van der Waals surface area contributed by atoms with Crippen LogP contribution in [0.3, 0.4) is 0 Å². The van der Waals surface area contributed by atoms with Crippen LogP contribution in [0.4, 0.5) is 10.7 Å². The molecule has 170 valence electrons. The number of amides is 1. The highest BCUT2D eigenvalue weighted by molar-refractivity contribution is 7.16. The average molecular weight is 453 g/mol. The highest BCUT2D eigenvalue weighted by atomic mass is 32.1. The first-order chi connectivity index (χ1) is 15.6. The van der Waals surface area contributed by atoms with E-state index in [0.29, 0.717) is 24.6 Å². The highest BCUT2D eigenvalue weighted by Crippen LogP contribution is 2.40. The van der Waals surface area contributed by atoms with Crippen molar-refractivity contribution in [2.45, 2.75) is 39.5 Å². The predicted molar refractivity (Wildman–Crippen MR) is 130 cm³/mol. The molecule has 4 rings (SSSR count). The quantitative estimate of drug-likeness (QED) is 0.679. The lowest BCUT2D eigenvalue weighted by Gasteiger charge is -2.36. The van der Waals surface area contributed by atoms with Gasteiger partial charge in [-0.3, -0.25) is 9.69 Å². The Morgan fingerprint density at radius 2 is 2.03 bits per heavy atom. The van der Waals surface area contributed by atoms with Gasteiger partial charge in [0.15, 0.2) is 0 Å². The summed E-state index contributed by atoms with van der Waals surface area (Å²) in [5.74, 6) is 1.58. The molecule has 1 aliphatic heterocycles. The van der Waals surface area contributed by atoms with Gasteiger partial charge in [-0.15, -0.1) is 11.3 Å². The van der Waals surface area contributed by atoms with Gasteiger partial charge >= 0.3 is 0 Å². The molecule has 0 bridgehead atoms. The number of carbonyl (C=O) groups is 1. The van der Waals surface area contributed by atoms with Crippen molar-refractivity contribution in [1.29, 1.82) is 5.26 Å². The lowest BCUT2D eigenvalue weighted by molar-refractivity contribution is -0.117. The minimum absolute atomic E-state index is 0.0321. The Morgan fingerprint density at radius 3 is 2.75 bits per heavy atom. The number of ether oxygens (including phenoxy) is 1. The molecule has 1 fully saturated rings. The molecular weight excluding hydrogens is 420 g/mol. The van der Waals surface area contributed by atoms with Crippen molar-refractivity contribution in [2.75, 3.05) is 49.5 Å². The maximum atomic E-state index is 12.8. The first-order valence-corrected chi connectivity index (χ1v) is 12.5. The summed E-state index contributed by atoms with van der Waals surface area (Å²) in [5.41, 5.74) is 2.97. The van der Waals surface area contributed by atoms with Crippen LogP contribution < -0.4 is 15.0 Å². The summed E-state index contributed by atoms with van der Waals surface area (Å²) in [7, 11) is 0. The number of nitriles is 1. The van der Waals surface area contributed by atoms with Crippen LogP contribution in [0.1, 0.15) is 42.7 Å². The van der Waals surface area contributed by atoms with E-state index in [2.05, 4.69) is 34.2 Å². The van der Waals surface area contributed by atoms with Crippen molar-refractivity contribution in [3.8, 4) is 11.8 Å². The summed E-state index contributed by atoms with van der Waals surface area (Å²) in [6, 6.07) is 10.5. The molecule has 0 saturated carbocycles. The first-order valence-electron chi connectivity index (χ1n) is 11.7. The van der Waals surface area contributed by atoms with Crippen molar-refractivity contribution >= 4 is 27.9 Å². The smallest absolute Gasteiger partial charge is 0.239 e. The van der Waals surface area contributed by atoms with E-state index in [-0.39, 0.29) is 5.91 Å². The number of thiophene rings is 1. The first kappa shape index (κ1) is 22.6. The average Bonchev–Trinajstić information content (AvgIpc) is 3.16. The molecule has 1 unspecified atom stereocenters. The highest BCUT2D eigenvalue weighted by Gasteiger charge is 2.26. The second-order valence-corrected chi connectivity index (χ2v) is 9.65. The summed E-state index contributed by atoms with van der Waals surface area (Å²) < 4.78 is 5.77. The Labute approximate surface area is 194 Å². The third-order valence-corrected chi connectivity index (χ3v) is 7.72.